The van der Waals surface area contributed by atoms with E-state index in [-0.39, 0.29) is 11.3 Å². The average molecular weight is 399 g/mol. The summed E-state index contributed by atoms with van der Waals surface area (Å²) in [6, 6.07) is 10.6. The van der Waals surface area contributed by atoms with Gasteiger partial charge in [-0.05, 0) is 31.5 Å². The number of hydrogen-bond acceptors (Lipinski definition) is 5. The van der Waals surface area contributed by atoms with E-state index in [1.165, 1.54) is 11.3 Å². The minimum atomic E-state index is -0.615. The first kappa shape index (κ1) is 20.3. The first-order valence-electron chi connectivity index (χ1n) is 9.59. The molecule has 5 nitrogen and oxygen atoms in total. The fourth-order valence-corrected chi connectivity index (χ4v) is 4.35. The number of aliphatic hydroxyl groups is 1. The van der Waals surface area contributed by atoms with Gasteiger partial charge >= 0.3 is 0 Å². The fourth-order valence-electron chi connectivity index (χ4n) is 3.51. The number of hydrogen-bond donors (Lipinski definition) is 1. The molecular weight excluding hydrogens is 372 g/mol. The van der Waals surface area contributed by atoms with Crippen molar-refractivity contribution in [2.45, 2.75) is 26.8 Å². The Kier molecular flexibility index (Phi) is 6.31. The number of carbonyl (C=O) groups is 2. The van der Waals surface area contributed by atoms with Gasteiger partial charge in [0.1, 0.15) is 5.76 Å². The molecule has 0 unspecified atom stereocenters. The average Bonchev–Trinajstić information content (AvgIpc) is 3.31. The second kappa shape index (κ2) is 8.71. The van der Waals surface area contributed by atoms with Gasteiger partial charge in [-0.3, -0.25) is 9.59 Å². The van der Waals surface area contributed by atoms with Crippen LogP contribution in [-0.2, 0) is 9.59 Å². The molecule has 0 saturated carbocycles. The number of aryl methyl sites for hydroxylation is 1. The molecule has 1 fully saturated rings. The van der Waals surface area contributed by atoms with Crippen molar-refractivity contribution >= 4 is 28.8 Å². The molecule has 1 N–H and O–H groups in total. The molecule has 1 aliphatic heterocycles. The molecule has 6 heteroatoms. The van der Waals surface area contributed by atoms with Gasteiger partial charge in [-0.15, -0.1) is 11.3 Å². The van der Waals surface area contributed by atoms with Crippen LogP contribution in [0.2, 0.25) is 0 Å². The minimum absolute atomic E-state index is 0.109. The highest BCUT2D eigenvalue weighted by atomic mass is 32.1. The van der Waals surface area contributed by atoms with E-state index in [0.29, 0.717) is 18.7 Å². The molecule has 0 aliphatic carbocycles. The molecule has 1 aromatic carbocycles. The number of nitrogens with zero attached hydrogens (tertiary/aromatic N) is 2. The van der Waals surface area contributed by atoms with Crippen LogP contribution < -0.4 is 0 Å². The van der Waals surface area contributed by atoms with E-state index >= 15 is 0 Å². The van der Waals surface area contributed by atoms with Crippen molar-refractivity contribution in [2.24, 2.45) is 0 Å². The number of benzene rings is 1. The van der Waals surface area contributed by atoms with Gasteiger partial charge in [0.05, 0.1) is 11.6 Å². The van der Waals surface area contributed by atoms with E-state index in [1.54, 1.807) is 17.0 Å². The Morgan fingerprint density at radius 2 is 1.82 bits per heavy atom. The van der Waals surface area contributed by atoms with E-state index in [9.17, 15) is 14.7 Å². The zero-order valence-electron chi connectivity index (χ0n) is 16.5. The van der Waals surface area contributed by atoms with Gasteiger partial charge in [-0.25, -0.2) is 0 Å². The van der Waals surface area contributed by atoms with Crippen LogP contribution in [0, 0.1) is 6.92 Å². The highest BCUT2D eigenvalue weighted by Crippen LogP contribution is 2.40. The van der Waals surface area contributed by atoms with Gasteiger partial charge in [-0.2, -0.15) is 0 Å². The predicted octanol–water partition coefficient (Wildman–Crippen LogP) is 3.82. The fraction of sp³-hybridized carbons (Fsp3) is 0.364. The van der Waals surface area contributed by atoms with E-state index in [4.69, 9.17) is 0 Å². The molecule has 148 valence electrons. The molecule has 0 spiro atoms. The van der Waals surface area contributed by atoms with Crippen molar-refractivity contribution in [3.05, 3.63) is 63.4 Å². The molecule has 3 rings (SSSR count). The SMILES string of the molecule is CCN(CC)CCN1C(=O)C(=O)C(=C(O)c2ccc(C)cc2)[C@H]1c1cccs1. The quantitative estimate of drug-likeness (QED) is 0.438. The molecule has 1 aromatic heterocycles. The Morgan fingerprint density at radius 3 is 2.39 bits per heavy atom. The maximum absolute atomic E-state index is 12.9. The Morgan fingerprint density at radius 1 is 1.14 bits per heavy atom. The molecule has 0 radical (unpaired) electrons. The predicted molar refractivity (Wildman–Crippen MR) is 112 cm³/mol. The summed E-state index contributed by atoms with van der Waals surface area (Å²) in [5.74, 6) is -1.27. The Balaban J connectivity index is 2.03. The zero-order valence-corrected chi connectivity index (χ0v) is 17.3. The highest BCUT2D eigenvalue weighted by molar-refractivity contribution is 7.10. The van der Waals surface area contributed by atoms with Crippen molar-refractivity contribution in [3.63, 3.8) is 0 Å². The number of rotatable bonds is 7. The lowest BCUT2D eigenvalue weighted by atomic mass is 9.99. The third kappa shape index (κ3) is 3.88. The second-order valence-electron chi connectivity index (χ2n) is 6.90. The lowest BCUT2D eigenvalue weighted by Crippen LogP contribution is -2.37. The standard InChI is InChI=1S/C22H26N2O3S/c1-4-23(5-2)12-13-24-19(17-7-6-14-28-17)18(21(26)22(24)27)20(25)16-10-8-15(3)9-11-16/h6-11,14,19,25H,4-5,12-13H2,1-3H3/t19-/m1/s1. The largest absolute Gasteiger partial charge is 0.507 e. The van der Waals surface area contributed by atoms with Gasteiger partial charge < -0.3 is 14.9 Å². The molecule has 2 aromatic rings. The van der Waals surface area contributed by atoms with Crippen LogP contribution in [-0.4, -0.2) is 52.8 Å². The number of amides is 1. The summed E-state index contributed by atoms with van der Waals surface area (Å²) >= 11 is 1.49. The number of Topliss-reactive ketones (excluding diaryl/α,β-unsaturated/α-hetero) is 1. The maximum Gasteiger partial charge on any atom is 0.295 e. The molecule has 1 amide bonds. The Hall–Kier alpha value is -2.44. The van der Waals surface area contributed by atoms with Gasteiger partial charge in [0.2, 0.25) is 0 Å². The zero-order chi connectivity index (χ0) is 20.3. The van der Waals surface area contributed by atoms with Gasteiger partial charge in [0.15, 0.2) is 0 Å². The highest BCUT2D eigenvalue weighted by Gasteiger charge is 2.46. The van der Waals surface area contributed by atoms with Crippen molar-refractivity contribution in [1.29, 1.82) is 0 Å². The first-order valence-corrected chi connectivity index (χ1v) is 10.5. The molecule has 2 heterocycles. The summed E-state index contributed by atoms with van der Waals surface area (Å²) in [5.41, 5.74) is 1.79. The van der Waals surface area contributed by atoms with Crippen LogP contribution in [0.1, 0.15) is 35.9 Å². The minimum Gasteiger partial charge on any atom is -0.507 e. The van der Waals surface area contributed by atoms with Crippen molar-refractivity contribution < 1.29 is 14.7 Å². The molecule has 28 heavy (non-hydrogen) atoms. The third-order valence-electron chi connectivity index (χ3n) is 5.23. The summed E-state index contributed by atoms with van der Waals surface area (Å²) in [5, 5.41) is 12.9. The number of likely N-dealkylation sites (N-methyl/N-ethyl adjacent to an activating group) is 1. The molecule has 1 atom stereocenters. The normalized spacial score (nSPS) is 19.0. The van der Waals surface area contributed by atoms with Gasteiger partial charge in [0.25, 0.3) is 11.7 Å². The molecule has 1 saturated heterocycles. The van der Waals surface area contributed by atoms with Crippen LogP contribution in [0.25, 0.3) is 5.76 Å². The summed E-state index contributed by atoms with van der Waals surface area (Å²) in [6.07, 6.45) is 0. The summed E-state index contributed by atoms with van der Waals surface area (Å²) in [7, 11) is 0. The van der Waals surface area contributed by atoms with Crippen LogP contribution in [0.3, 0.4) is 0 Å². The van der Waals surface area contributed by atoms with Crippen molar-refractivity contribution in [1.82, 2.24) is 9.80 Å². The Labute approximate surface area is 169 Å². The lowest BCUT2D eigenvalue weighted by Gasteiger charge is -2.27. The van der Waals surface area contributed by atoms with Gasteiger partial charge in [-0.1, -0.05) is 49.7 Å². The number of aliphatic hydroxyl groups excluding tert-OH is 1. The van der Waals surface area contributed by atoms with Crippen LogP contribution in [0.5, 0.6) is 0 Å². The Bertz CT molecular complexity index is 868. The smallest absolute Gasteiger partial charge is 0.295 e. The number of thiophene rings is 1. The van der Waals surface area contributed by atoms with E-state index in [2.05, 4.69) is 18.7 Å². The monoisotopic (exact) mass is 398 g/mol. The summed E-state index contributed by atoms with van der Waals surface area (Å²) in [4.78, 5) is 30.4. The van der Waals surface area contributed by atoms with Crippen LogP contribution >= 0.6 is 11.3 Å². The summed E-state index contributed by atoms with van der Waals surface area (Å²) < 4.78 is 0. The molecule has 1 aliphatic rings. The lowest BCUT2D eigenvalue weighted by molar-refractivity contribution is -0.140. The third-order valence-corrected chi connectivity index (χ3v) is 6.15. The van der Waals surface area contributed by atoms with E-state index in [1.807, 2.05) is 36.6 Å². The molecule has 0 bridgehead atoms. The van der Waals surface area contributed by atoms with E-state index < -0.39 is 17.7 Å². The molecular formula is C22H26N2O3S. The van der Waals surface area contributed by atoms with Gasteiger partial charge in [0, 0.05) is 23.5 Å². The van der Waals surface area contributed by atoms with Crippen molar-refractivity contribution in [2.75, 3.05) is 26.2 Å². The number of carbonyl (C=O) groups excluding carboxylic acids is 2. The second-order valence-corrected chi connectivity index (χ2v) is 7.88. The van der Waals surface area contributed by atoms with Crippen LogP contribution in [0.4, 0.5) is 0 Å². The number of ketones is 1. The maximum atomic E-state index is 12.9. The first-order chi connectivity index (χ1) is 13.5. The topological polar surface area (TPSA) is 60.9 Å². The number of likely N-dealkylation sites (tertiary alicyclic amines) is 1. The summed E-state index contributed by atoms with van der Waals surface area (Å²) in [6.45, 7) is 9.01. The van der Waals surface area contributed by atoms with Crippen molar-refractivity contribution in [3.8, 4) is 0 Å². The van der Waals surface area contributed by atoms with E-state index in [0.717, 1.165) is 23.5 Å². The van der Waals surface area contributed by atoms with Crippen LogP contribution in [0.15, 0.2) is 47.4 Å².